The monoisotopic (exact) mass is 431 g/mol. The molecule has 3 nitrogen and oxygen atoms in total. The molecule has 0 bridgehead atoms. The molecule has 0 aromatic heterocycles. The minimum absolute atomic E-state index is 0.346. The van der Waals surface area contributed by atoms with Crippen LogP contribution in [0.25, 0.3) is 37.9 Å². The Morgan fingerprint density at radius 3 is 1.64 bits per heavy atom. The van der Waals surface area contributed by atoms with Crippen LogP contribution in [0.15, 0.2) is 84.9 Å². The summed E-state index contributed by atoms with van der Waals surface area (Å²) >= 11 is 0. The van der Waals surface area contributed by atoms with E-state index in [1.54, 1.807) is 0 Å². The number of fused-ring (bicyclic) bond motifs is 1. The van der Waals surface area contributed by atoms with E-state index in [1.165, 1.54) is 21.9 Å². The van der Waals surface area contributed by atoms with Crippen LogP contribution in [-0.4, -0.2) is 18.3 Å². The van der Waals surface area contributed by atoms with E-state index in [0.29, 0.717) is 5.69 Å². The van der Waals surface area contributed by atoms with Gasteiger partial charge in [0.25, 0.3) is 0 Å². The lowest BCUT2D eigenvalue weighted by Crippen LogP contribution is -2.41. The molecule has 4 aromatic carbocycles. The van der Waals surface area contributed by atoms with Crippen molar-refractivity contribution in [3.63, 3.8) is 0 Å². The van der Waals surface area contributed by atoms with E-state index in [1.807, 2.05) is 24.3 Å². The van der Waals surface area contributed by atoms with Crippen molar-refractivity contribution in [3.8, 4) is 22.3 Å². The summed E-state index contributed by atoms with van der Waals surface area (Å²) in [5.74, 6) is 0. The highest BCUT2D eigenvalue weighted by molar-refractivity contribution is 6.62. The van der Waals surface area contributed by atoms with Gasteiger partial charge < -0.3 is 9.31 Å². The van der Waals surface area contributed by atoms with Crippen molar-refractivity contribution in [1.29, 1.82) is 0 Å². The van der Waals surface area contributed by atoms with Crippen LogP contribution in [-0.2, 0) is 9.31 Å². The van der Waals surface area contributed by atoms with Gasteiger partial charge in [-0.1, -0.05) is 78.9 Å². The highest BCUT2D eigenvalue weighted by Gasteiger charge is 2.51. The van der Waals surface area contributed by atoms with Crippen molar-refractivity contribution >= 4 is 29.0 Å². The number of rotatable bonds is 3. The first kappa shape index (κ1) is 21.5. The lowest BCUT2D eigenvalue weighted by molar-refractivity contribution is 0.00578. The van der Waals surface area contributed by atoms with Gasteiger partial charge in [-0.25, -0.2) is 4.85 Å². The first-order valence-corrected chi connectivity index (χ1v) is 11.2. The van der Waals surface area contributed by atoms with E-state index in [9.17, 15) is 0 Å². The topological polar surface area (TPSA) is 22.8 Å². The molecule has 1 heterocycles. The van der Waals surface area contributed by atoms with E-state index < -0.39 is 0 Å². The van der Waals surface area contributed by atoms with Gasteiger partial charge in [-0.2, -0.15) is 0 Å². The van der Waals surface area contributed by atoms with Crippen LogP contribution in [0.4, 0.5) is 5.69 Å². The van der Waals surface area contributed by atoms with Crippen molar-refractivity contribution in [2.45, 2.75) is 38.9 Å². The molecule has 4 heteroatoms. The third kappa shape index (κ3) is 3.95. The second-order valence-corrected chi connectivity index (χ2v) is 9.65. The fraction of sp³-hybridized carbons (Fsp3) is 0.207. The van der Waals surface area contributed by atoms with E-state index in [-0.39, 0.29) is 18.3 Å². The minimum atomic E-state index is -0.351. The van der Waals surface area contributed by atoms with E-state index in [4.69, 9.17) is 15.9 Å². The Labute approximate surface area is 195 Å². The van der Waals surface area contributed by atoms with Gasteiger partial charge in [-0.3, -0.25) is 0 Å². The molecule has 1 fully saturated rings. The van der Waals surface area contributed by atoms with Crippen LogP contribution in [0, 0.1) is 6.57 Å². The fourth-order valence-corrected chi connectivity index (χ4v) is 4.15. The second-order valence-electron chi connectivity index (χ2n) is 9.65. The Morgan fingerprint density at radius 2 is 1.06 bits per heavy atom. The van der Waals surface area contributed by atoms with Crippen molar-refractivity contribution < 1.29 is 9.31 Å². The van der Waals surface area contributed by atoms with Crippen LogP contribution in [0.3, 0.4) is 0 Å². The summed E-state index contributed by atoms with van der Waals surface area (Å²) in [5, 5.41) is 2.36. The first-order chi connectivity index (χ1) is 15.8. The largest absolute Gasteiger partial charge is 0.494 e. The number of hydrogen-bond donors (Lipinski definition) is 0. The van der Waals surface area contributed by atoms with E-state index in [0.717, 1.165) is 16.6 Å². The molecule has 0 amide bonds. The van der Waals surface area contributed by atoms with E-state index in [2.05, 4.69) is 93.2 Å². The molecular weight excluding hydrogens is 405 g/mol. The molecular formula is C29H26BNO2. The van der Waals surface area contributed by atoms with Crippen LogP contribution in [0.1, 0.15) is 27.7 Å². The molecule has 0 aliphatic carbocycles. The van der Waals surface area contributed by atoms with Gasteiger partial charge in [0.2, 0.25) is 0 Å². The third-order valence-electron chi connectivity index (χ3n) is 6.94. The van der Waals surface area contributed by atoms with E-state index >= 15 is 0 Å². The SMILES string of the molecule is [C-]#[N+]c1ccc(-c2ccc(-c3ccc4cc(B5OC(C)(C)C(C)(C)O5)ccc4c3)cc2)cc1. The maximum atomic E-state index is 7.10. The van der Waals surface area contributed by atoms with Gasteiger partial charge in [0.05, 0.1) is 17.8 Å². The van der Waals surface area contributed by atoms with Crippen LogP contribution < -0.4 is 5.46 Å². The zero-order chi connectivity index (χ0) is 23.2. The van der Waals surface area contributed by atoms with Crippen LogP contribution in [0.2, 0.25) is 0 Å². The zero-order valence-electron chi connectivity index (χ0n) is 19.4. The maximum Gasteiger partial charge on any atom is 0.494 e. The van der Waals surface area contributed by atoms with Crippen molar-refractivity contribution in [1.82, 2.24) is 0 Å². The molecule has 0 unspecified atom stereocenters. The Kier molecular flexibility index (Phi) is 5.13. The fourth-order valence-electron chi connectivity index (χ4n) is 4.15. The zero-order valence-corrected chi connectivity index (χ0v) is 19.4. The normalized spacial score (nSPS) is 16.6. The molecule has 1 aliphatic heterocycles. The summed E-state index contributed by atoms with van der Waals surface area (Å²) in [4.78, 5) is 3.46. The smallest absolute Gasteiger partial charge is 0.399 e. The van der Waals surface area contributed by atoms with Gasteiger partial charge in [-0.05, 0) is 72.3 Å². The van der Waals surface area contributed by atoms with Crippen LogP contribution in [0.5, 0.6) is 0 Å². The van der Waals surface area contributed by atoms with Gasteiger partial charge in [-0.15, -0.1) is 0 Å². The average molecular weight is 431 g/mol. The lowest BCUT2D eigenvalue weighted by atomic mass is 9.78. The number of nitrogens with zero attached hydrogens (tertiary/aromatic N) is 1. The Hall–Kier alpha value is -3.39. The van der Waals surface area contributed by atoms with Crippen LogP contribution >= 0.6 is 0 Å². The molecule has 1 saturated heterocycles. The quantitative estimate of drug-likeness (QED) is 0.257. The van der Waals surface area contributed by atoms with Gasteiger partial charge in [0, 0.05) is 0 Å². The highest BCUT2D eigenvalue weighted by Crippen LogP contribution is 2.37. The molecule has 0 spiro atoms. The first-order valence-electron chi connectivity index (χ1n) is 11.2. The van der Waals surface area contributed by atoms with Crippen molar-refractivity contribution in [2.24, 2.45) is 0 Å². The highest BCUT2D eigenvalue weighted by atomic mass is 16.7. The molecule has 0 saturated carbocycles. The second kappa shape index (κ2) is 7.88. The number of hydrogen-bond acceptors (Lipinski definition) is 2. The minimum Gasteiger partial charge on any atom is -0.399 e. The lowest BCUT2D eigenvalue weighted by Gasteiger charge is -2.32. The molecule has 162 valence electrons. The summed E-state index contributed by atoms with van der Waals surface area (Å²) in [6.45, 7) is 15.4. The van der Waals surface area contributed by atoms with Crippen molar-refractivity contribution in [3.05, 3.63) is 96.3 Å². The average Bonchev–Trinajstić information content (AvgIpc) is 3.05. The molecule has 5 rings (SSSR count). The Balaban J connectivity index is 1.40. The molecule has 33 heavy (non-hydrogen) atoms. The third-order valence-corrected chi connectivity index (χ3v) is 6.94. The summed E-state index contributed by atoms with van der Waals surface area (Å²) in [6, 6.07) is 29.2. The van der Waals surface area contributed by atoms with Crippen molar-refractivity contribution in [2.75, 3.05) is 0 Å². The van der Waals surface area contributed by atoms with Gasteiger partial charge >= 0.3 is 7.12 Å². The predicted octanol–water partition coefficient (Wildman–Crippen LogP) is 7.02. The summed E-state index contributed by atoms with van der Waals surface area (Å²) in [5.41, 5.74) is 5.62. The van der Waals surface area contributed by atoms with Gasteiger partial charge in [0.15, 0.2) is 5.69 Å². The molecule has 0 radical (unpaired) electrons. The standard InChI is InChI=1S/C29H26BNO2/c1-28(2)29(3,4)33-30(32-28)26-15-12-24-18-23(10-11-25(24)19-26)22-8-6-20(7-9-22)21-13-16-27(31-5)17-14-21/h6-19H,1-4H3. The predicted molar refractivity (Wildman–Crippen MR) is 137 cm³/mol. The number of benzene rings is 4. The Morgan fingerprint density at radius 1 is 0.606 bits per heavy atom. The summed E-state index contributed by atoms with van der Waals surface area (Å²) in [6.07, 6.45) is 0. The summed E-state index contributed by atoms with van der Waals surface area (Å²) < 4.78 is 12.4. The van der Waals surface area contributed by atoms with Gasteiger partial charge in [0.1, 0.15) is 0 Å². The molecule has 4 aromatic rings. The molecule has 1 aliphatic rings. The molecule has 0 atom stereocenters. The Bertz CT molecular complexity index is 1350. The molecule has 0 N–H and O–H groups in total. The summed E-state index contributed by atoms with van der Waals surface area (Å²) in [7, 11) is -0.351. The maximum absolute atomic E-state index is 7.10.